The molecule has 0 aromatic heterocycles. The minimum absolute atomic E-state index is 0.135. The summed E-state index contributed by atoms with van der Waals surface area (Å²) in [6.07, 6.45) is 0.996. The van der Waals surface area contributed by atoms with Gasteiger partial charge in [-0.3, -0.25) is 4.90 Å². The molecule has 174 valence electrons. The average molecular weight is 446 g/mol. The van der Waals surface area contributed by atoms with Crippen LogP contribution in [0.15, 0.2) is 60.7 Å². The highest BCUT2D eigenvalue weighted by molar-refractivity contribution is 5.48. The first kappa shape index (κ1) is 23.2. The van der Waals surface area contributed by atoms with Crippen molar-refractivity contribution in [3.05, 3.63) is 82.9 Å². The normalized spacial score (nSPS) is 15.0. The van der Waals surface area contributed by atoms with Gasteiger partial charge in [0.15, 0.2) is 11.5 Å². The number of hydrogen-bond acceptors (Lipinski definition) is 4. The summed E-state index contributed by atoms with van der Waals surface area (Å²) in [6, 6.07) is 21.4. The molecule has 0 fully saturated rings. The van der Waals surface area contributed by atoms with Crippen molar-refractivity contribution in [1.29, 1.82) is 0 Å². The van der Waals surface area contributed by atoms with E-state index in [0.29, 0.717) is 0 Å². The van der Waals surface area contributed by atoms with E-state index in [1.165, 1.54) is 22.3 Å². The highest BCUT2D eigenvalue weighted by Gasteiger charge is 2.24. The third kappa shape index (κ3) is 5.17. The summed E-state index contributed by atoms with van der Waals surface area (Å²) in [5.41, 5.74) is 5.33. The maximum atomic E-state index is 6.19. The average Bonchev–Trinajstić information content (AvgIpc) is 2.82. The third-order valence-corrected chi connectivity index (χ3v) is 6.59. The van der Waals surface area contributed by atoms with Gasteiger partial charge < -0.3 is 14.2 Å². The zero-order chi connectivity index (χ0) is 23.6. The number of nitrogens with zero attached hydrogens (tertiary/aromatic N) is 1. The fourth-order valence-corrected chi connectivity index (χ4v) is 4.44. The molecule has 0 radical (unpaired) electrons. The van der Waals surface area contributed by atoms with E-state index in [2.05, 4.69) is 87.2 Å². The van der Waals surface area contributed by atoms with Crippen LogP contribution in [0.3, 0.4) is 0 Å². The Morgan fingerprint density at radius 2 is 1.48 bits per heavy atom. The molecule has 0 bridgehead atoms. The van der Waals surface area contributed by atoms with Crippen LogP contribution in [0.1, 0.15) is 56.0 Å². The number of rotatable bonds is 6. The first-order chi connectivity index (χ1) is 15.8. The molecule has 0 saturated carbocycles. The van der Waals surface area contributed by atoms with Crippen molar-refractivity contribution < 1.29 is 14.2 Å². The van der Waals surface area contributed by atoms with Gasteiger partial charge in [0.2, 0.25) is 0 Å². The summed E-state index contributed by atoms with van der Waals surface area (Å²) >= 11 is 0. The van der Waals surface area contributed by atoms with Crippen LogP contribution in [0.5, 0.6) is 23.0 Å². The third-order valence-electron chi connectivity index (χ3n) is 6.59. The van der Waals surface area contributed by atoms with Crippen LogP contribution < -0.4 is 14.2 Å². The van der Waals surface area contributed by atoms with Crippen LogP contribution in [0, 0.1) is 0 Å². The molecule has 1 aliphatic rings. The highest BCUT2D eigenvalue weighted by atomic mass is 16.5. The molecular formula is C29H35NO3. The predicted molar refractivity (Wildman–Crippen MR) is 134 cm³/mol. The number of methoxy groups -OCH3 is 2. The fourth-order valence-electron chi connectivity index (χ4n) is 4.44. The molecule has 4 rings (SSSR count). The minimum Gasteiger partial charge on any atom is -0.493 e. The van der Waals surface area contributed by atoms with Gasteiger partial charge >= 0.3 is 0 Å². The minimum atomic E-state index is 0.135. The van der Waals surface area contributed by atoms with Crippen molar-refractivity contribution in [3.8, 4) is 23.0 Å². The number of benzene rings is 3. The molecule has 0 saturated heterocycles. The van der Waals surface area contributed by atoms with Gasteiger partial charge in [0.1, 0.15) is 11.5 Å². The summed E-state index contributed by atoms with van der Waals surface area (Å²) < 4.78 is 17.2. The lowest BCUT2D eigenvalue weighted by Crippen LogP contribution is -2.33. The molecular weight excluding hydrogens is 410 g/mol. The van der Waals surface area contributed by atoms with Gasteiger partial charge in [-0.25, -0.2) is 0 Å². The monoisotopic (exact) mass is 445 g/mol. The largest absolute Gasteiger partial charge is 0.493 e. The lowest BCUT2D eigenvalue weighted by atomic mass is 9.87. The van der Waals surface area contributed by atoms with E-state index in [-0.39, 0.29) is 11.5 Å². The van der Waals surface area contributed by atoms with E-state index in [0.717, 1.165) is 42.5 Å². The summed E-state index contributed by atoms with van der Waals surface area (Å²) in [4.78, 5) is 2.51. The topological polar surface area (TPSA) is 30.9 Å². The van der Waals surface area contributed by atoms with E-state index >= 15 is 0 Å². The molecule has 1 unspecified atom stereocenters. The molecule has 1 heterocycles. The Kier molecular flexibility index (Phi) is 6.66. The Morgan fingerprint density at radius 3 is 2.12 bits per heavy atom. The maximum absolute atomic E-state index is 6.19. The zero-order valence-electron chi connectivity index (χ0n) is 20.6. The molecule has 4 heteroatoms. The van der Waals surface area contributed by atoms with Crippen molar-refractivity contribution >= 4 is 0 Å². The van der Waals surface area contributed by atoms with E-state index in [4.69, 9.17) is 14.2 Å². The van der Waals surface area contributed by atoms with Gasteiger partial charge in [0.05, 0.1) is 14.2 Å². The van der Waals surface area contributed by atoms with Crippen molar-refractivity contribution in [2.75, 3.05) is 20.8 Å². The molecule has 3 aromatic rings. The van der Waals surface area contributed by atoms with Crippen LogP contribution >= 0.6 is 0 Å². The molecule has 0 N–H and O–H groups in total. The molecule has 33 heavy (non-hydrogen) atoms. The van der Waals surface area contributed by atoms with Gasteiger partial charge in [0, 0.05) is 19.1 Å². The summed E-state index contributed by atoms with van der Waals surface area (Å²) in [5, 5.41) is 0. The predicted octanol–water partition coefficient (Wildman–Crippen LogP) is 6.91. The van der Waals surface area contributed by atoms with Gasteiger partial charge in [-0.1, -0.05) is 45.0 Å². The molecule has 0 aliphatic carbocycles. The van der Waals surface area contributed by atoms with Crippen LogP contribution in [-0.2, 0) is 18.4 Å². The molecule has 1 atom stereocenters. The van der Waals surface area contributed by atoms with Gasteiger partial charge in [-0.2, -0.15) is 0 Å². The van der Waals surface area contributed by atoms with Crippen molar-refractivity contribution in [3.63, 3.8) is 0 Å². The summed E-state index contributed by atoms with van der Waals surface area (Å²) in [5.74, 6) is 3.32. The van der Waals surface area contributed by atoms with Crippen molar-refractivity contribution in [1.82, 2.24) is 4.90 Å². The first-order valence-corrected chi connectivity index (χ1v) is 11.6. The van der Waals surface area contributed by atoms with Crippen LogP contribution in [0.25, 0.3) is 0 Å². The van der Waals surface area contributed by atoms with E-state index in [1.807, 2.05) is 6.07 Å². The molecule has 0 amide bonds. The second-order valence-electron chi connectivity index (χ2n) is 9.82. The van der Waals surface area contributed by atoms with Gasteiger partial charge in [-0.15, -0.1) is 0 Å². The van der Waals surface area contributed by atoms with E-state index < -0.39 is 0 Å². The standard InChI is InChI=1S/C29H35NO3/c1-20(30-15-14-22-17-27(31-5)28(32-6)18-23(22)19-30)21-8-7-9-26(16-21)33-25-12-10-24(11-13-25)29(2,3)4/h7-13,16-18,20H,14-15,19H2,1-6H3. The maximum Gasteiger partial charge on any atom is 0.161 e. The number of ether oxygens (including phenoxy) is 3. The molecule has 3 aromatic carbocycles. The Hall–Kier alpha value is -2.98. The molecule has 0 spiro atoms. The smallest absolute Gasteiger partial charge is 0.161 e. The van der Waals surface area contributed by atoms with Crippen molar-refractivity contribution in [2.45, 2.75) is 52.1 Å². The SMILES string of the molecule is COc1cc2c(cc1OC)CN(C(C)c1cccc(Oc3ccc(C(C)(C)C)cc3)c1)CC2. The van der Waals surface area contributed by atoms with Crippen LogP contribution in [0.4, 0.5) is 0 Å². The number of fused-ring (bicyclic) bond motifs is 1. The summed E-state index contributed by atoms with van der Waals surface area (Å²) in [6.45, 7) is 10.8. The molecule has 4 nitrogen and oxygen atoms in total. The van der Waals surface area contributed by atoms with Crippen molar-refractivity contribution in [2.24, 2.45) is 0 Å². The fraction of sp³-hybridized carbons (Fsp3) is 0.379. The Balaban J connectivity index is 1.48. The van der Waals surface area contributed by atoms with E-state index in [1.54, 1.807) is 14.2 Å². The van der Waals surface area contributed by atoms with Gasteiger partial charge in [0.25, 0.3) is 0 Å². The zero-order valence-corrected chi connectivity index (χ0v) is 20.6. The second-order valence-corrected chi connectivity index (χ2v) is 9.82. The lowest BCUT2D eigenvalue weighted by molar-refractivity contribution is 0.191. The Morgan fingerprint density at radius 1 is 0.818 bits per heavy atom. The first-order valence-electron chi connectivity index (χ1n) is 11.6. The number of hydrogen-bond donors (Lipinski definition) is 0. The van der Waals surface area contributed by atoms with Gasteiger partial charge in [-0.05, 0) is 77.4 Å². The highest BCUT2D eigenvalue weighted by Crippen LogP contribution is 2.36. The summed E-state index contributed by atoms with van der Waals surface area (Å²) in [7, 11) is 3.38. The van der Waals surface area contributed by atoms with Crippen LogP contribution in [-0.4, -0.2) is 25.7 Å². The Bertz CT molecular complexity index is 1100. The quantitative estimate of drug-likeness (QED) is 0.412. The lowest BCUT2D eigenvalue weighted by Gasteiger charge is -2.34. The Labute approximate surface area is 198 Å². The molecule has 1 aliphatic heterocycles. The van der Waals surface area contributed by atoms with Crippen LogP contribution in [0.2, 0.25) is 0 Å². The van der Waals surface area contributed by atoms with E-state index in [9.17, 15) is 0 Å². The second kappa shape index (κ2) is 9.48.